The van der Waals surface area contributed by atoms with E-state index in [9.17, 15) is 9.32 Å². The molecule has 39 heavy (non-hydrogen) atoms. The van der Waals surface area contributed by atoms with Crippen molar-refractivity contribution in [1.29, 1.82) is 0 Å². The monoisotopic (exact) mass is 566 g/mol. The summed E-state index contributed by atoms with van der Waals surface area (Å²) in [5, 5.41) is 11.2. The molecule has 3 aliphatic carbocycles. The first kappa shape index (κ1) is 27.4. The molecule has 210 valence electrons. The van der Waals surface area contributed by atoms with Crippen molar-refractivity contribution < 1.29 is 18.8 Å². The first-order valence-electron chi connectivity index (χ1n) is 14.5. The van der Waals surface area contributed by atoms with Crippen molar-refractivity contribution in [1.82, 2.24) is 0 Å². The molecule has 2 aromatic carbocycles. The van der Waals surface area contributed by atoms with Crippen molar-refractivity contribution in [3.05, 3.63) is 70.1 Å². The van der Waals surface area contributed by atoms with Crippen molar-refractivity contribution in [3.63, 3.8) is 0 Å². The molecule has 0 radical (unpaired) electrons. The van der Waals surface area contributed by atoms with E-state index < -0.39 is 10.8 Å². The molecule has 3 fully saturated rings. The van der Waals surface area contributed by atoms with Crippen LogP contribution in [-0.4, -0.2) is 41.1 Å². The Hall–Kier alpha value is -1.76. The lowest BCUT2D eigenvalue weighted by Gasteiger charge is -2.49. The van der Waals surface area contributed by atoms with Crippen LogP contribution in [0.15, 0.2) is 59.0 Å². The highest BCUT2D eigenvalue weighted by Gasteiger charge is 2.64. The molecule has 2 bridgehead atoms. The van der Waals surface area contributed by atoms with Gasteiger partial charge in [-0.25, -0.2) is 0 Å². The van der Waals surface area contributed by atoms with Crippen LogP contribution in [0, 0.1) is 22.7 Å². The van der Waals surface area contributed by atoms with Gasteiger partial charge in [0.25, 0.3) is 0 Å². The van der Waals surface area contributed by atoms with Gasteiger partial charge in [-0.1, -0.05) is 50.1 Å². The molecule has 1 N–H and O–H groups in total. The molecule has 1 heterocycles. The van der Waals surface area contributed by atoms with Crippen molar-refractivity contribution >= 4 is 22.6 Å². The third kappa shape index (κ3) is 4.15. The highest BCUT2D eigenvalue weighted by Crippen LogP contribution is 2.66. The number of fused-ring (bicyclic) bond motifs is 3. The summed E-state index contributed by atoms with van der Waals surface area (Å²) in [4.78, 5) is 1.16. The van der Waals surface area contributed by atoms with Crippen LogP contribution in [-0.2, 0) is 15.5 Å². The van der Waals surface area contributed by atoms with E-state index in [1.165, 1.54) is 23.1 Å². The molecule has 6 rings (SSSR count). The van der Waals surface area contributed by atoms with Crippen LogP contribution in [0.5, 0.6) is 11.5 Å². The van der Waals surface area contributed by atoms with E-state index in [2.05, 4.69) is 62.4 Å². The minimum absolute atomic E-state index is 0.0387. The van der Waals surface area contributed by atoms with Crippen LogP contribution >= 0.6 is 11.8 Å². The highest BCUT2D eigenvalue weighted by atomic mass is 32.2. The van der Waals surface area contributed by atoms with Gasteiger partial charge in [0.05, 0.1) is 35.9 Å². The van der Waals surface area contributed by atoms with Gasteiger partial charge in [-0.2, -0.15) is 0 Å². The smallest absolute Gasteiger partial charge is 0.118 e. The predicted octanol–water partition coefficient (Wildman–Crippen LogP) is 7.07. The second kappa shape index (κ2) is 10.3. The van der Waals surface area contributed by atoms with Crippen LogP contribution in [0.3, 0.4) is 0 Å². The normalized spacial score (nSPS) is 31.6. The molecule has 6 heteroatoms. The van der Waals surface area contributed by atoms with E-state index >= 15 is 0 Å². The minimum Gasteiger partial charge on any atom is -0.497 e. The van der Waals surface area contributed by atoms with E-state index in [0.717, 1.165) is 60.7 Å². The van der Waals surface area contributed by atoms with Gasteiger partial charge in [0.2, 0.25) is 0 Å². The SMILES string of the molecule is COc1ccc(C2(c3ccc(OC)cc3)SCC(S(=O)C[C@]34CC[C@H](C[C@H]3O)C4(C)C)=C3CCCC[C@@H]32)cc1. The number of benzene rings is 2. The van der Waals surface area contributed by atoms with Gasteiger partial charge < -0.3 is 14.6 Å². The lowest BCUT2D eigenvalue weighted by atomic mass is 9.69. The van der Waals surface area contributed by atoms with Gasteiger partial charge >= 0.3 is 0 Å². The van der Waals surface area contributed by atoms with Crippen molar-refractivity contribution in [3.8, 4) is 11.5 Å². The number of methoxy groups -OCH3 is 2. The lowest BCUT2D eigenvalue weighted by Crippen LogP contribution is -2.45. The fraction of sp³-hybridized carbons (Fsp3) is 0.576. The summed E-state index contributed by atoms with van der Waals surface area (Å²) in [6.07, 6.45) is 7.12. The van der Waals surface area contributed by atoms with Crippen LogP contribution in [0.4, 0.5) is 0 Å². The van der Waals surface area contributed by atoms with Crippen LogP contribution in [0.25, 0.3) is 0 Å². The van der Waals surface area contributed by atoms with Crippen LogP contribution in [0.1, 0.15) is 69.9 Å². The van der Waals surface area contributed by atoms with E-state index in [4.69, 9.17) is 9.47 Å². The fourth-order valence-electron chi connectivity index (χ4n) is 8.49. The Bertz CT molecular complexity index is 1220. The molecule has 0 spiro atoms. The Morgan fingerprint density at radius 1 is 0.949 bits per heavy atom. The maximum absolute atomic E-state index is 14.4. The summed E-state index contributed by atoms with van der Waals surface area (Å²) in [6, 6.07) is 17.2. The molecule has 4 aliphatic rings. The average Bonchev–Trinajstić information content (AvgIpc) is 3.31. The molecule has 3 saturated carbocycles. The van der Waals surface area contributed by atoms with Crippen molar-refractivity contribution in [2.75, 3.05) is 25.7 Å². The number of aliphatic hydroxyl groups excluding tert-OH is 1. The number of thioether (sulfide) groups is 1. The third-order valence-electron chi connectivity index (χ3n) is 11.0. The summed E-state index contributed by atoms with van der Waals surface area (Å²) in [7, 11) is 2.33. The molecular formula is C33H42O4S2. The topological polar surface area (TPSA) is 55.8 Å². The summed E-state index contributed by atoms with van der Waals surface area (Å²) >= 11 is 1.95. The molecule has 4 nitrogen and oxygen atoms in total. The maximum Gasteiger partial charge on any atom is 0.118 e. The van der Waals surface area contributed by atoms with Gasteiger partial charge in [0.1, 0.15) is 11.5 Å². The minimum atomic E-state index is -1.09. The van der Waals surface area contributed by atoms with Gasteiger partial charge in [0, 0.05) is 27.7 Å². The molecule has 2 aromatic rings. The molecule has 0 aromatic heterocycles. The average molecular weight is 567 g/mol. The van der Waals surface area contributed by atoms with E-state index in [-0.39, 0.29) is 27.6 Å². The summed E-state index contributed by atoms with van der Waals surface area (Å²) in [5.74, 6) is 3.90. The number of aliphatic hydroxyl groups is 1. The first-order chi connectivity index (χ1) is 18.8. The number of hydrogen-bond acceptors (Lipinski definition) is 5. The summed E-state index contributed by atoms with van der Waals surface area (Å²) in [6.45, 7) is 4.63. The first-order valence-corrected chi connectivity index (χ1v) is 16.8. The quantitative estimate of drug-likeness (QED) is 0.388. The van der Waals surface area contributed by atoms with Crippen LogP contribution < -0.4 is 9.47 Å². The fourth-order valence-corrected chi connectivity index (χ4v) is 12.7. The maximum atomic E-state index is 14.4. The molecule has 1 aliphatic heterocycles. The van der Waals surface area contributed by atoms with Gasteiger partial charge in [-0.3, -0.25) is 4.21 Å². The molecule has 0 amide bonds. The number of ether oxygens (including phenoxy) is 2. The molecule has 0 saturated heterocycles. The zero-order valence-electron chi connectivity index (χ0n) is 23.7. The zero-order chi connectivity index (χ0) is 27.4. The Balaban J connectivity index is 1.43. The molecular weight excluding hydrogens is 524 g/mol. The number of hydrogen-bond donors (Lipinski definition) is 1. The Morgan fingerprint density at radius 2 is 1.56 bits per heavy atom. The summed E-state index contributed by atoms with van der Waals surface area (Å²) in [5.41, 5.74) is 3.78. The predicted molar refractivity (Wildman–Crippen MR) is 161 cm³/mol. The summed E-state index contributed by atoms with van der Waals surface area (Å²) < 4.78 is 25.1. The van der Waals surface area contributed by atoms with Crippen molar-refractivity contribution in [2.45, 2.75) is 69.6 Å². The third-order valence-corrected chi connectivity index (χ3v) is 14.5. The van der Waals surface area contributed by atoms with E-state index in [0.29, 0.717) is 11.7 Å². The van der Waals surface area contributed by atoms with E-state index in [1.54, 1.807) is 14.2 Å². The highest BCUT2D eigenvalue weighted by molar-refractivity contribution is 8.02. The Morgan fingerprint density at radius 3 is 2.08 bits per heavy atom. The zero-order valence-corrected chi connectivity index (χ0v) is 25.3. The lowest BCUT2D eigenvalue weighted by molar-refractivity contribution is 0.0161. The second-order valence-corrected chi connectivity index (χ2v) is 15.3. The molecule has 1 unspecified atom stereocenters. The standard InChI is InChI=1S/C33H42O4S2/c1-31(2)24-17-18-32(31,30(34)19-24)21-39(35)29-20-38-33(28-8-6-5-7-27(28)29,22-9-13-25(36-3)14-10-22)23-11-15-26(37-4)16-12-23/h9-16,24,28,30,34H,5-8,17-21H2,1-4H3/t24-,28+,30-,32-,39?/m1/s1. The molecule has 5 atom stereocenters. The Labute approximate surface area is 240 Å². The second-order valence-electron chi connectivity index (χ2n) is 12.6. The van der Waals surface area contributed by atoms with Gasteiger partial charge in [-0.15, -0.1) is 11.8 Å². The number of rotatable bonds is 7. The van der Waals surface area contributed by atoms with Gasteiger partial charge in [0.15, 0.2) is 0 Å². The largest absolute Gasteiger partial charge is 0.497 e. The Kier molecular flexibility index (Phi) is 7.21. The van der Waals surface area contributed by atoms with E-state index in [1.807, 2.05) is 11.8 Å². The van der Waals surface area contributed by atoms with Crippen molar-refractivity contribution in [2.24, 2.45) is 22.7 Å². The number of allylic oxidation sites excluding steroid dienone is 1. The van der Waals surface area contributed by atoms with Crippen LogP contribution in [0.2, 0.25) is 0 Å². The van der Waals surface area contributed by atoms with Gasteiger partial charge in [-0.05, 0) is 85.3 Å².